The Morgan fingerprint density at radius 1 is 0.900 bits per heavy atom. The van der Waals surface area contributed by atoms with Crippen LogP contribution in [-0.4, -0.2) is 19.6 Å². The second kappa shape index (κ2) is 10.9. The molecule has 0 aliphatic carbocycles. The second-order valence-corrected chi connectivity index (χ2v) is 10.5. The third-order valence-corrected chi connectivity index (χ3v) is 7.84. The number of ether oxygens (including phenoxy) is 1. The predicted octanol–water partition coefficient (Wildman–Crippen LogP) is 7.22. The van der Waals surface area contributed by atoms with Crippen LogP contribution in [0.15, 0.2) is 104 Å². The van der Waals surface area contributed by atoms with Gasteiger partial charge in [0.25, 0.3) is 0 Å². The Bertz CT molecular complexity index is 1630. The average molecular weight is 546 g/mol. The molecule has 200 valence electrons. The number of aryl methyl sites for hydroxylation is 2. The summed E-state index contributed by atoms with van der Waals surface area (Å²) >= 11 is 5.96. The molecule has 6 nitrogen and oxygen atoms in total. The van der Waals surface area contributed by atoms with E-state index in [-0.39, 0.29) is 12.1 Å². The zero-order chi connectivity index (χ0) is 27.6. The van der Waals surface area contributed by atoms with Crippen molar-refractivity contribution in [1.82, 2.24) is 19.9 Å². The van der Waals surface area contributed by atoms with Crippen LogP contribution in [0.2, 0.25) is 0 Å². The van der Waals surface area contributed by atoms with Gasteiger partial charge >= 0.3 is 0 Å². The Labute approximate surface area is 240 Å². The molecule has 0 radical (unpaired) electrons. The average Bonchev–Trinajstić information content (AvgIpc) is 3.46. The van der Waals surface area contributed by atoms with Gasteiger partial charge in [-0.1, -0.05) is 30.3 Å². The number of nitrogens with zero attached hydrogens (tertiary/aromatic N) is 4. The Hall–Kier alpha value is -4.49. The summed E-state index contributed by atoms with van der Waals surface area (Å²) in [6.07, 6.45) is 5.57. The van der Waals surface area contributed by atoms with Crippen molar-refractivity contribution in [2.45, 2.75) is 39.4 Å². The summed E-state index contributed by atoms with van der Waals surface area (Å²) < 4.78 is 8.51. The van der Waals surface area contributed by atoms with Crippen LogP contribution in [0.1, 0.15) is 45.9 Å². The first-order chi connectivity index (χ1) is 19.5. The highest BCUT2D eigenvalue weighted by Crippen LogP contribution is 2.43. The fourth-order valence-electron chi connectivity index (χ4n) is 5.47. The van der Waals surface area contributed by atoms with Gasteiger partial charge in [0.15, 0.2) is 5.11 Å². The minimum Gasteiger partial charge on any atom is -0.457 e. The Kier molecular flexibility index (Phi) is 7.05. The van der Waals surface area contributed by atoms with Crippen molar-refractivity contribution >= 4 is 23.0 Å². The zero-order valence-electron chi connectivity index (χ0n) is 22.8. The molecule has 0 amide bonds. The molecule has 4 heterocycles. The van der Waals surface area contributed by atoms with Crippen LogP contribution in [0.5, 0.6) is 11.5 Å². The molecule has 0 saturated carbocycles. The molecule has 2 aromatic carbocycles. The molecular formula is C33H31N5OS. The van der Waals surface area contributed by atoms with Gasteiger partial charge in [0.2, 0.25) is 0 Å². The smallest absolute Gasteiger partial charge is 0.174 e. The van der Waals surface area contributed by atoms with Crippen LogP contribution in [0.25, 0.3) is 0 Å². The van der Waals surface area contributed by atoms with E-state index in [4.69, 9.17) is 21.9 Å². The summed E-state index contributed by atoms with van der Waals surface area (Å²) in [6.45, 7) is 7.15. The standard InChI is InChI=1S/C33H31N5OS/c1-22-9-4-5-12-30(22)39-27-15-13-26(14-16-27)38-32(31(36-33(38)40)29-11-6-7-18-35-29)28-19-23(2)37(24(28)3)21-25-10-8-17-34-20-25/h4-20,31-32H,21H2,1-3H3,(H,36,40)/t31-,32-/m1/s1. The van der Waals surface area contributed by atoms with Crippen molar-refractivity contribution < 1.29 is 4.74 Å². The molecule has 1 N–H and O–H groups in total. The van der Waals surface area contributed by atoms with E-state index in [1.807, 2.05) is 80.1 Å². The number of hydrogen-bond acceptors (Lipinski definition) is 4. The third-order valence-electron chi connectivity index (χ3n) is 7.53. The number of benzene rings is 2. The van der Waals surface area contributed by atoms with Gasteiger partial charge in [-0.3, -0.25) is 9.97 Å². The summed E-state index contributed by atoms with van der Waals surface area (Å²) in [5.74, 6) is 1.63. The largest absolute Gasteiger partial charge is 0.457 e. The first kappa shape index (κ1) is 25.8. The minimum atomic E-state index is -0.107. The second-order valence-electron chi connectivity index (χ2n) is 10.1. The fourth-order valence-corrected chi connectivity index (χ4v) is 5.81. The van der Waals surface area contributed by atoms with Gasteiger partial charge in [-0.05, 0) is 104 Å². The number of nitrogens with one attached hydrogen (secondary N) is 1. The van der Waals surface area contributed by atoms with Gasteiger partial charge in [-0.15, -0.1) is 0 Å². The highest BCUT2D eigenvalue weighted by molar-refractivity contribution is 7.80. The molecule has 2 atom stereocenters. The first-order valence-electron chi connectivity index (χ1n) is 13.4. The number of pyridine rings is 2. The van der Waals surface area contributed by atoms with E-state index in [1.165, 1.54) is 22.5 Å². The summed E-state index contributed by atoms with van der Waals surface area (Å²) in [5.41, 5.74) is 7.81. The molecule has 6 rings (SSSR count). The van der Waals surface area contributed by atoms with Crippen LogP contribution in [0.3, 0.4) is 0 Å². The summed E-state index contributed by atoms with van der Waals surface area (Å²) in [5, 5.41) is 4.25. The monoisotopic (exact) mass is 545 g/mol. The summed E-state index contributed by atoms with van der Waals surface area (Å²) in [4.78, 5) is 11.2. The van der Waals surface area contributed by atoms with Crippen molar-refractivity contribution in [1.29, 1.82) is 0 Å². The van der Waals surface area contributed by atoms with Gasteiger partial charge < -0.3 is 19.5 Å². The minimum absolute atomic E-state index is 0.0839. The van der Waals surface area contributed by atoms with E-state index in [0.29, 0.717) is 5.11 Å². The Balaban J connectivity index is 1.38. The molecular weight excluding hydrogens is 514 g/mol. The van der Waals surface area contributed by atoms with Gasteiger partial charge in [-0.25, -0.2) is 0 Å². The lowest BCUT2D eigenvalue weighted by atomic mass is 9.96. The number of thiocarbonyl (C=S) groups is 1. The normalized spacial score (nSPS) is 16.7. The molecule has 7 heteroatoms. The topological polar surface area (TPSA) is 55.2 Å². The fraction of sp³-hybridized carbons (Fsp3) is 0.182. The van der Waals surface area contributed by atoms with Crippen LogP contribution >= 0.6 is 12.2 Å². The van der Waals surface area contributed by atoms with Crippen molar-refractivity contribution in [3.8, 4) is 11.5 Å². The van der Waals surface area contributed by atoms with E-state index >= 15 is 0 Å². The highest BCUT2D eigenvalue weighted by Gasteiger charge is 2.42. The molecule has 5 aromatic rings. The van der Waals surface area contributed by atoms with E-state index in [9.17, 15) is 0 Å². The lowest BCUT2D eigenvalue weighted by Crippen LogP contribution is -2.29. The van der Waals surface area contributed by atoms with Crippen molar-refractivity contribution in [3.63, 3.8) is 0 Å². The molecule has 1 fully saturated rings. The summed E-state index contributed by atoms with van der Waals surface area (Å²) in [7, 11) is 0. The van der Waals surface area contributed by atoms with E-state index in [2.05, 4.69) is 63.9 Å². The number of anilines is 1. The number of aromatic nitrogens is 3. The van der Waals surface area contributed by atoms with Crippen LogP contribution in [-0.2, 0) is 6.54 Å². The van der Waals surface area contributed by atoms with Crippen LogP contribution in [0, 0.1) is 20.8 Å². The van der Waals surface area contributed by atoms with Gasteiger partial charge in [0.1, 0.15) is 11.5 Å². The molecule has 0 unspecified atom stereocenters. The van der Waals surface area contributed by atoms with E-state index < -0.39 is 0 Å². The number of para-hydroxylation sites is 1. The number of rotatable bonds is 7. The summed E-state index contributed by atoms with van der Waals surface area (Å²) in [6, 6.07) is 28.4. The maximum absolute atomic E-state index is 6.16. The SMILES string of the molecule is Cc1ccccc1Oc1ccc(N2C(=S)N[C@H](c3ccccn3)[C@H]2c2cc(C)n(Cc3cccnc3)c2C)cc1. The Morgan fingerprint density at radius 3 is 2.42 bits per heavy atom. The van der Waals surface area contributed by atoms with Crippen molar-refractivity contribution in [2.24, 2.45) is 0 Å². The van der Waals surface area contributed by atoms with Gasteiger partial charge in [0.05, 0.1) is 17.8 Å². The molecule has 1 saturated heterocycles. The number of hydrogen-bond donors (Lipinski definition) is 1. The highest BCUT2D eigenvalue weighted by atomic mass is 32.1. The predicted molar refractivity (Wildman–Crippen MR) is 163 cm³/mol. The molecule has 0 bridgehead atoms. The third kappa shape index (κ3) is 4.96. The van der Waals surface area contributed by atoms with Crippen LogP contribution in [0.4, 0.5) is 5.69 Å². The quantitative estimate of drug-likeness (QED) is 0.218. The van der Waals surface area contributed by atoms with Crippen molar-refractivity contribution in [3.05, 3.63) is 137 Å². The van der Waals surface area contributed by atoms with Crippen LogP contribution < -0.4 is 15.0 Å². The van der Waals surface area contributed by atoms with E-state index in [0.717, 1.165) is 35.0 Å². The molecule has 40 heavy (non-hydrogen) atoms. The maximum atomic E-state index is 6.16. The zero-order valence-corrected chi connectivity index (χ0v) is 23.6. The Morgan fingerprint density at radius 2 is 1.70 bits per heavy atom. The lowest BCUT2D eigenvalue weighted by Gasteiger charge is -2.28. The lowest BCUT2D eigenvalue weighted by molar-refractivity contribution is 0.479. The van der Waals surface area contributed by atoms with Gasteiger partial charge in [-0.2, -0.15) is 0 Å². The maximum Gasteiger partial charge on any atom is 0.174 e. The van der Waals surface area contributed by atoms with Crippen molar-refractivity contribution in [2.75, 3.05) is 4.90 Å². The molecule has 1 aliphatic heterocycles. The molecule has 0 spiro atoms. The van der Waals surface area contributed by atoms with E-state index in [1.54, 1.807) is 0 Å². The first-order valence-corrected chi connectivity index (χ1v) is 13.8. The molecule has 1 aliphatic rings. The molecule has 3 aromatic heterocycles. The van der Waals surface area contributed by atoms with Gasteiger partial charge in [0, 0.05) is 42.2 Å².